The van der Waals surface area contributed by atoms with Gasteiger partial charge in [-0.05, 0) is 36.8 Å². The van der Waals surface area contributed by atoms with Gasteiger partial charge in [0.05, 0.1) is 12.0 Å². The summed E-state index contributed by atoms with van der Waals surface area (Å²) in [4.78, 5) is 21.7. The minimum Gasteiger partial charge on any atom is -0.493 e. The summed E-state index contributed by atoms with van der Waals surface area (Å²) in [6, 6.07) is 8.32. The fourth-order valence-electron chi connectivity index (χ4n) is 1.96. The number of methoxy groups -OCH3 is 1. The quantitative estimate of drug-likeness (QED) is 0.647. The van der Waals surface area contributed by atoms with Crippen LogP contribution < -0.4 is 14.8 Å². The number of aryl methyl sites for hydroxylation is 1. The molecule has 0 fully saturated rings. The number of hydrogen-bond acceptors (Lipinski definition) is 5. The average molecular weight is 334 g/mol. The molecular formula is C16H15FN2O5. The largest absolute Gasteiger partial charge is 0.493 e. The second kappa shape index (κ2) is 7.40. The van der Waals surface area contributed by atoms with Crippen LogP contribution in [0.4, 0.5) is 15.8 Å². The molecule has 0 heterocycles. The molecule has 0 radical (unpaired) electrons. The van der Waals surface area contributed by atoms with Gasteiger partial charge in [-0.2, -0.15) is 4.39 Å². The number of nitro groups is 1. The van der Waals surface area contributed by atoms with Crippen molar-refractivity contribution in [1.29, 1.82) is 0 Å². The molecule has 0 saturated heterocycles. The van der Waals surface area contributed by atoms with Crippen molar-refractivity contribution in [2.45, 2.75) is 6.92 Å². The van der Waals surface area contributed by atoms with E-state index < -0.39 is 22.3 Å². The zero-order valence-corrected chi connectivity index (χ0v) is 13.0. The van der Waals surface area contributed by atoms with Gasteiger partial charge in [-0.1, -0.05) is 6.07 Å². The van der Waals surface area contributed by atoms with Gasteiger partial charge in [-0.3, -0.25) is 14.9 Å². The van der Waals surface area contributed by atoms with Gasteiger partial charge in [0.1, 0.15) is 0 Å². The molecule has 0 bridgehead atoms. The highest BCUT2D eigenvalue weighted by Crippen LogP contribution is 2.27. The van der Waals surface area contributed by atoms with Crippen molar-refractivity contribution in [3.8, 4) is 11.5 Å². The number of benzene rings is 2. The van der Waals surface area contributed by atoms with E-state index in [1.54, 1.807) is 18.2 Å². The number of rotatable bonds is 6. The van der Waals surface area contributed by atoms with Crippen molar-refractivity contribution in [3.05, 3.63) is 57.9 Å². The maximum Gasteiger partial charge on any atom is 0.306 e. The van der Waals surface area contributed by atoms with Gasteiger partial charge < -0.3 is 14.8 Å². The second-order valence-corrected chi connectivity index (χ2v) is 4.91. The number of hydrogen-bond donors (Lipinski definition) is 1. The first-order valence-electron chi connectivity index (χ1n) is 6.92. The summed E-state index contributed by atoms with van der Waals surface area (Å²) in [5.41, 5.74) is 0.365. The third-order valence-corrected chi connectivity index (χ3v) is 3.10. The van der Waals surface area contributed by atoms with E-state index in [4.69, 9.17) is 9.47 Å². The van der Waals surface area contributed by atoms with Crippen LogP contribution in [0.5, 0.6) is 11.5 Å². The van der Waals surface area contributed by atoms with Crippen molar-refractivity contribution < 1.29 is 23.6 Å². The van der Waals surface area contributed by atoms with Crippen LogP contribution in [-0.2, 0) is 4.79 Å². The second-order valence-electron chi connectivity index (χ2n) is 4.91. The molecule has 0 spiro atoms. The lowest BCUT2D eigenvalue weighted by Gasteiger charge is -2.11. The predicted octanol–water partition coefficient (Wildman–Crippen LogP) is 3.07. The van der Waals surface area contributed by atoms with E-state index in [0.29, 0.717) is 11.5 Å². The molecule has 0 saturated carbocycles. The van der Waals surface area contributed by atoms with E-state index in [2.05, 4.69) is 5.32 Å². The maximum absolute atomic E-state index is 13.3. The highest BCUT2D eigenvalue weighted by atomic mass is 19.1. The number of nitrogens with zero attached hydrogens (tertiary/aromatic N) is 1. The van der Waals surface area contributed by atoms with Gasteiger partial charge in [0, 0.05) is 11.8 Å². The number of nitro benzene ring substituents is 1. The minimum absolute atomic E-state index is 0.104. The van der Waals surface area contributed by atoms with E-state index in [9.17, 15) is 19.3 Å². The van der Waals surface area contributed by atoms with Gasteiger partial charge in [0.15, 0.2) is 18.1 Å². The Morgan fingerprint density at radius 2 is 2.00 bits per heavy atom. The zero-order valence-electron chi connectivity index (χ0n) is 13.0. The normalized spacial score (nSPS) is 10.1. The molecule has 0 atom stereocenters. The van der Waals surface area contributed by atoms with E-state index >= 15 is 0 Å². The predicted molar refractivity (Wildman–Crippen MR) is 84.9 cm³/mol. The van der Waals surface area contributed by atoms with Crippen molar-refractivity contribution in [3.63, 3.8) is 0 Å². The molecule has 7 nitrogen and oxygen atoms in total. The van der Waals surface area contributed by atoms with E-state index in [0.717, 1.165) is 17.7 Å². The van der Waals surface area contributed by atoms with Gasteiger partial charge in [0.25, 0.3) is 5.91 Å². The summed E-state index contributed by atoms with van der Waals surface area (Å²) in [5, 5.41) is 13.1. The molecule has 126 valence electrons. The molecular weight excluding hydrogens is 319 g/mol. The minimum atomic E-state index is -0.973. The number of nitrogens with one attached hydrogen (secondary N) is 1. The molecule has 0 aliphatic heterocycles. The fourth-order valence-corrected chi connectivity index (χ4v) is 1.96. The molecule has 1 amide bonds. The third kappa shape index (κ3) is 4.19. The smallest absolute Gasteiger partial charge is 0.306 e. The average Bonchev–Trinajstić information content (AvgIpc) is 2.55. The number of amides is 1. The van der Waals surface area contributed by atoms with Crippen LogP contribution in [0, 0.1) is 22.9 Å². The lowest BCUT2D eigenvalue weighted by molar-refractivity contribution is -0.387. The monoisotopic (exact) mass is 334 g/mol. The number of carbonyl (C=O) groups is 1. The SMILES string of the molecule is COc1cc(C)ccc1OCC(=O)Nc1ccc(F)c([N+](=O)[O-])c1. The van der Waals surface area contributed by atoms with Crippen LogP contribution >= 0.6 is 0 Å². The Morgan fingerprint density at radius 3 is 2.67 bits per heavy atom. The molecule has 0 unspecified atom stereocenters. The van der Waals surface area contributed by atoms with Crippen molar-refractivity contribution in [1.82, 2.24) is 0 Å². The maximum atomic E-state index is 13.3. The molecule has 8 heteroatoms. The molecule has 24 heavy (non-hydrogen) atoms. The molecule has 0 aliphatic rings. The lowest BCUT2D eigenvalue weighted by Crippen LogP contribution is -2.20. The van der Waals surface area contributed by atoms with Gasteiger partial charge in [0.2, 0.25) is 5.82 Å². The van der Waals surface area contributed by atoms with Crippen LogP contribution in [0.2, 0.25) is 0 Å². The van der Waals surface area contributed by atoms with Gasteiger partial charge in [-0.15, -0.1) is 0 Å². The summed E-state index contributed by atoms with van der Waals surface area (Å²) < 4.78 is 23.8. The Hall–Kier alpha value is -3.16. The summed E-state index contributed by atoms with van der Waals surface area (Å²) in [6.45, 7) is 1.56. The Balaban J connectivity index is 2.02. The van der Waals surface area contributed by atoms with Gasteiger partial charge in [-0.25, -0.2) is 0 Å². The van der Waals surface area contributed by atoms with Crippen LogP contribution in [0.1, 0.15) is 5.56 Å². The summed E-state index contributed by atoms with van der Waals surface area (Å²) in [7, 11) is 1.49. The number of halogens is 1. The first-order valence-corrected chi connectivity index (χ1v) is 6.92. The Morgan fingerprint density at radius 1 is 1.25 bits per heavy atom. The van der Waals surface area contributed by atoms with Crippen LogP contribution in [0.25, 0.3) is 0 Å². The Kier molecular flexibility index (Phi) is 5.31. The number of ether oxygens (including phenoxy) is 2. The first-order chi connectivity index (χ1) is 11.4. The van der Waals surface area contributed by atoms with Crippen molar-refractivity contribution >= 4 is 17.3 Å². The van der Waals surface area contributed by atoms with Gasteiger partial charge >= 0.3 is 5.69 Å². The van der Waals surface area contributed by atoms with Crippen molar-refractivity contribution in [2.24, 2.45) is 0 Å². The topological polar surface area (TPSA) is 90.7 Å². The molecule has 2 aromatic rings. The zero-order chi connectivity index (χ0) is 17.7. The molecule has 2 aromatic carbocycles. The summed E-state index contributed by atoms with van der Waals surface area (Å²) >= 11 is 0. The highest BCUT2D eigenvalue weighted by molar-refractivity contribution is 5.92. The third-order valence-electron chi connectivity index (χ3n) is 3.10. The lowest BCUT2D eigenvalue weighted by atomic mass is 10.2. The van der Waals surface area contributed by atoms with Crippen LogP contribution in [0.15, 0.2) is 36.4 Å². The molecule has 2 rings (SSSR count). The van der Waals surface area contributed by atoms with Crippen molar-refractivity contribution in [2.75, 3.05) is 19.0 Å². The Labute approximate surface area is 137 Å². The highest BCUT2D eigenvalue weighted by Gasteiger charge is 2.15. The number of carbonyl (C=O) groups excluding carboxylic acids is 1. The van der Waals surface area contributed by atoms with E-state index in [-0.39, 0.29) is 12.3 Å². The van der Waals surface area contributed by atoms with E-state index in [1.807, 2.05) is 6.92 Å². The molecule has 0 aromatic heterocycles. The molecule has 1 N–H and O–H groups in total. The first kappa shape index (κ1) is 17.2. The molecule has 0 aliphatic carbocycles. The summed E-state index contributed by atoms with van der Waals surface area (Å²) in [6.07, 6.45) is 0. The van der Waals surface area contributed by atoms with Crippen LogP contribution in [0.3, 0.4) is 0 Å². The van der Waals surface area contributed by atoms with Crippen LogP contribution in [-0.4, -0.2) is 24.5 Å². The Bertz CT molecular complexity index is 779. The number of anilines is 1. The standard InChI is InChI=1S/C16H15FN2O5/c1-10-3-6-14(15(7-10)23-2)24-9-16(20)18-11-4-5-12(17)13(8-11)19(21)22/h3-8H,9H2,1-2H3,(H,18,20). The summed E-state index contributed by atoms with van der Waals surface area (Å²) in [5.74, 6) is -0.638. The fraction of sp³-hybridized carbons (Fsp3) is 0.188. The van der Waals surface area contributed by atoms with E-state index in [1.165, 1.54) is 13.2 Å².